The van der Waals surface area contributed by atoms with Crippen LogP contribution in [0.1, 0.15) is 16.8 Å². The van der Waals surface area contributed by atoms with Gasteiger partial charge in [0.25, 0.3) is 5.91 Å². The van der Waals surface area contributed by atoms with E-state index in [4.69, 9.17) is 11.6 Å². The summed E-state index contributed by atoms with van der Waals surface area (Å²) in [5, 5.41) is 2.25. The molecule has 2 aromatic carbocycles. The summed E-state index contributed by atoms with van der Waals surface area (Å²) in [4.78, 5) is 17.0. The van der Waals surface area contributed by atoms with E-state index in [0.29, 0.717) is 23.9 Å². The van der Waals surface area contributed by atoms with Crippen LogP contribution in [0.15, 0.2) is 91.1 Å². The highest BCUT2D eigenvalue weighted by molar-refractivity contribution is 6.31. The van der Waals surface area contributed by atoms with Crippen LogP contribution in [0.3, 0.4) is 0 Å². The van der Waals surface area contributed by atoms with E-state index in [9.17, 15) is 4.79 Å². The van der Waals surface area contributed by atoms with Crippen LogP contribution in [0.25, 0.3) is 11.7 Å². The maximum Gasteiger partial charge on any atom is 0.258 e. The normalized spacial score (nSPS) is 11.4. The van der Waals surface area contributed by atoms with Crippen molar-refractivity contribution in [2.75, 3.05) is 0 Å². The van der Waals surface area contributed by atoms with Gasteiger partial charge in [0.15, 0.2) is 5.15 Å². The molecule has 0 bridgehead atoms. The van der Waals surface area contributed by atoms with E-state index in [1.165, 1.54) is 6.08 Å². The van der Waals surface area contributed by atoms with Gasteiger partial charge in [0.2, 0.25) is 0 Å². The Kier molecular flexibility index (Phi) is 6.23. The average molecular weight is 417 g/mol. The molecule has 0 radical (unpaired) electrons. The number of imidazole rings is 1. The molecule has 4 rings (SSSR count). The van der Waals surface area contributed by atoms with Gasteiger partial charge < -0.3 is 0 Å². The summed E-state index contributed by atoms with van der Waals surface area (Å²) in [6.07, 6.45) is 5.02. The van der Waals surface area contributed by atoms with E-state index in [2.05, 4.69) is 10.4 Å². The maximum atomic E-state index is 12.7. The summed E-state index contributed by atoms with van der Waals surface area (Å²) < 4.78 is 1.85. The number of carbonyl (C=O) groups is 1. The number of benzene rings is 2. The second-order valence-corrected chi connectivity index (χ2v) is 7.21. The molecule has 0 aliphatic carbocycles. The number of aromatic nitrogens is 2. The molecule has 5 nitrogen and oxygen atoms in total. The molecule has 30 heavy (non-hydrogen) atoms. The highest BCUT2D eigenvalue weighted by Gasteiger charge is 2.11. The van der Waals surface area contributed by atoms with Crippen LogP contribution in [0, 0.1) is 0 Å². The Morgan fingerprint density at radius 1 is 0.933 bits per heavy atom. The number of rotatable bonds is 7. The van der Waals surface area contributed by atoms with E-state index < -0.39 is 0 Å². The van der Waals surface area contributed by atoms with E-state index in [1.807, 2.05) is 94.5 Å². The van der Waals surface area contributed by atoms with E-state index in [1.54, 1.807) is 6.08 Å². The van der Waals surface area contributed by atoms with Crippen LogP contribution < -0.4 is 5.43 Å². The molecule has 6 heteroatoms. The summed E-state index contributed by atoms with van der Waals surface area (Å²) in [6, 6.07) is 25.7. The topological polar surface area (TPSA) is 49.6 Å². The first-order valence-corrected chi connectivity index (χ1v) is 10.0. The summed E-state index contributed by atoms with van der Waals surface area (Å²) in [6.45, 7) is 1.18. The van der Waals surface area contributed by atoms with E-state index in [-0.39, 0.29) is 5.91 Å². The SMILES string of the molecule is O=C(/C=C/c1c(Cl)nc2ccccn12)NN(Cc1ccccc1)Cc1ccccc1. The minimum Gasteiger partial charge on any atom is -0.299 e. The van der Waals surface area contributed by atoms with Gasteiger partial charge in [-0.05, 0) is 29.3 Å². The molecular weight excluding hydrogens is 396 g/mol. The Labute approximate surface area is 180 Å². The Morgan fingerprint density at radius 2 is 1.53 bits per heavy atom. The first-order chi connectivity index (χ1) is 14.7. The average Bonchev–Trinajstić information content (AvgIpc) is 3.08. The minimum atomic E-state index is -0.233. The number of halogens is 1. The Bertz CT molecular complexity index is 1110. The largest absolute Gasteiger partial charge is 0.299 e. The fourth-order valence-electron chi connectivity index (χ4n) is 3.23. The molecule has 0 spiro atoms. The lowest BCUT2D eigenvalue weighted by molar-refractivity contribution is -0.121. The van der Waals surface area contributed by atoms with Crippen LogP contribution >= 0.6 is 11.6 Å². The number of hydrogen-bond donors (Lipinski definition) is 1. The first kappa shape index (κ1) is 19.9. The molecule has 0 atom stereocenters. The molecule has 150 valence electrons. The molecular formula is C24H21ClN4O. The Balaban J connectivity index is 1.50. The molecule has 2 heterocycles. The standard InChI is InChI=1S/C24H21ClN4O/c25-24-21(29-16-8-7-13-22(29)26-24)14-15-23(30)27-28(17-19-9-3-1-4-10-19)18-20-11-5-2-6-12-20/h1-16H,17-18H2,(H,27,30)/b15-14+. The number of nitrogens with zero attached hydrogens (tertiary/aromatic N) is 3. The van der Waals surface area contributed by atoms with Crippen molar-refractivity contribution in [3.8, 4) is 0 Å². The van der Waals surface area contributed by atoms with Crippen LogP contribution in [-0.2, 0) is 17.9 Å². The fraction of sp³-hybridized carbons (Fsp3) is 0.0833. The summed E-state index contributed by atoms with van der Waals surface area (Å²) in [5.74, 6) is -0.233. The van der Waals surface area contributed by atoms with Crippen LogP contribution in [-0.4, -0.2) is 20.3 Å². The van der Waals surface area contributed by atoms with Gasteiger partial charge in [0.05, 0.1) is 5.69 Å². The number of hydrogen-bond acceptors (Lipinski definition) is 3. The fourth-order valence-corrected chi connectivity index (χ4v) is 3.47. The van der Waals surface area contributed by atoms with Gasteiger partial charge in [0.1, 0.15) is 5.65 Å². The van der Waals surface area contributed by atoms with Crippen molar-refractivity contribution < 1.29 is 4.79 Å². The van der Waals surface area contributed by atoms with Gasteiger partial charge in [-0.25, -0.2) is 9.99 Å². The van der Waals surface area contributed by atoms with Crippen LogP contribution in [0.5, 0.6) is 0 Å². The van der Waals surface area contributed by atoms with Crippen molar-refractivity contribution in [1.29, 1.82) is 0 Å². The van der Waals surface area contributed by atoms with Crippen molar-refractivity contribution in [2.45, 2.75) is 13.1 Å². The number of nitrogens with one attached hydrogen (secondary N) is 1. The van der Waals surface area contributed by atoms with Gasteiger partial charge in [-0.15, -0.1) is 0 Å². The minimum absolute atomic E-state index is 0.233. The Hall–Kier alpha value is -3.41. The zero-order valence-corrected chi connectivity index (χ0v) is 17.0. The third-order valence-corrected chi connectivity index (χ3v) is 4.89. The lowest BCUT2D eigenvalue weighted by Gasteiger charge is -2.22. The molecule has 0 fully saturated rings. The van der Waals surface area contributed by atoms with Gasteiger partial charge in [-0.1, -0.05) is 78.3 Å². The third kappa shape index (κ3) is 4.95. The number of carbonyl (C=O) groups excluding carboxylic acids is 1. The predicted molar refractivity (Wildman–Crippen MR) is 120 cm³/mol. The second kappa shape index (κ2) is 9.39. The second-order valence-electron chi connectivity index (χ2n) is 6.85. The number of hydrazine groups is 1. The molecule has 1 N–H and O–H groups in total. The predicted octanol–water partition coefficient (Wildman–Crippen LogP) is 4.73. The maximum absolute atomic E-state index is 12.7. The molecule has 4 aromatic rings. The van der Waals surface area contributed by atoms with E-state index >= 15 is 0 Å². The molecule has 0 unspecified atom stereocenters. The van der Waals surface area contributed by atoms with Gasteiger partial charge in [-0.3, -0.25) is 14.6 Å². The van der Waals surface area contributed by atoms with Crippen LogP contribution in [0.4, 0.5) is 0 Å². The summed E-state index contributed by atoms with van der Waals surface area (Å²) >= 11 is 6.25. The van der Waals surface area contributed by atoms with E-state index in [0.717, 1.165) is 16.8 Å². The van der Waals surface area contributed by atoms with Gasteiger partial charge in [-0.2, -0.15) is 0 Å². The van der Waals surface area contributed by atoms with Crippen LogP contribution in [0.2, 0.25) is 5.15 Å². The highest BCUT2D eigenvalue weighted by Crippen LogP contribution is 2.18. The Morgan fingerprint density at radius 3 is 2.17 bits per heavy atom. The zero-order chi connectivity index (χ0) is 20.8. The van der Waals surface area contributed by atoms with Crippen molar-refractivity contribution in [2.24, 2.45) is 0 Å². The third-order valence-electron chi connectivity index (χ3n) is 4.62. The lowest BCUT2D eigenvalue weighted by Crippen LogP contribution is -2.40. The summed E-state index contributed by atoms with van der Waals surface area (Å²) in [5.41, 5.74) is 6.61. The molecule has 0 aliphatic rings. The molecule has 0 saturated heterocycles. The van der Waals surface area contributed by atoms with Gasteiger partial charge >= 0.3 is 0 Å². The lowest BCUT2D eigenvalue weighted by atomic mass is 10.2. The number of fused-ring (bicyclic) bond motifs is 1. The van der Waals surface area contributed by atoms with Crippen molar-refractivity contribution >= 4 is 29.2 Å². The smallest absolute Gasteiger partial charge is 0.258 e. The highest BCUT2D eigenvalue weighted by atomic mass is 35.5. The van der Waals surface area contributed by atoms with Gasteiger partial charge in [0, 0.05) is 25.4 Å². The quantitative estimate of drug-likeness (QED) is 0.350. The van der Waals surface area contributed by atoms with Crippen molar-refractivity contribution in [3.63, 3.8) is 0 Å². The molecule has 2 aromatic heterocycles. The molecule has 1 amide bonds. The monoisotopic (exact) mass is 416 g/mol. The van der Waals surface area contributed by atoms with Crippen molar-refractivity contribution in [1.82, 2.24) is 19.8 Å². The molecule has 0 saturated carbocycles. The first-order valence-electron chi connectivity index (χ1n) is 9.63. The summed E-state index contributed by atoms with van der Waals surface area (Å²) in [7, 11) is 0. The molecule has 0 aliphatic heterocycles. The van der Waals surface area contributed by atoms with Crippen molar-refractivity contribution in [3.05, 3.63) is 113 Å². The number of pyridine rings is 1. The zero-order valence-electron chi connectivity index (χ0n) is 16.3. The number of amides is 1.